The molecule has 9 heteroatoms. The molecule has 2 rings (SSSR count). The average molecular weight is 403 g/mol. The van der Waals surface area contributed by atoms with E-state index in [0.29, 0.717) is 5.69 Å². The molecule has 0 saturated heterocycles. The van der Waals surface area contributed by atoms with Crippen molar-refractivity contribution in [3.63, 3.8) is 0 Å². The number of phenolic OH excluding ortho intramolecular Hbond substituents is 1. The Morgan fingerprint density at radius 3 is 2.21 bits per heavy atom. The number of sulfonamides is 1. The van der Waals surface area contributed by atoms with Crippen LogP contribution in [0, 0.1) is 0 Å². The van der Waals surface area contributed by atoms with E-state index in [9.17, 15) is 8.42 Å². The Balaban J connectivity index is 2.40. The molecule has 1 aromatic carbocycles. The Morgan fingerprint density at radius 2 is 1.74 bits per heavy atom. The lowest BCUT2D eigenvalue weighted by Crippen LogP contribution is -2.13. The van der Waals surface area contributed by atoms with Gasteiger partial charge in [0.15, 0.2) is 0 Å². The number of hydrogen-bond acceptors (Lipinski definition) is 4. The topological polar surface area (TPSA) is 66.4 Å². The summed E-state index contributed by atoms with van der Waals surface area (Å²) in [6, 6.07) is 5.61. The van der Waals surface area contributed by atoms with Gasteiger partial charge in [0.25, 0.3) is 10.0 Å². The number of hydrogen-bond donors (Lipinski definition) is 2. The van der Waals surface area contributed by atoms with Crippen molar-refractivity contribution in [1.29, 1.82) is 0 Å². The lowest BCUT2D eigenvalue weighted by molar-refractivity contribution is 0.475. The van der Waals surface area contributed by atoms with Crippen molar-refractivity contribution in [1.82, 2.24) is 0 Å². The monoisotopic (exact) mass is 401 g/mol. The van der Waals surface area contributed by atoms with Gasteiger partial charge in [-0.15, -0.1) is 11.3 Å². The second-order valence-electron chi connectivity index (χ2n) is 3.44. The molecule has 0 spiro atoms. The van der Waals surface area contributed by atoms with Gasteiger partial charge in [-0.3, -0.25) is 4.72 Å². The normalized spacial score (nSPS) is 11.5. The van der Waals surface area contributed by atoms with Crippen LogP contribution in [0.25, 0.3) is 0 Å². The van der Waals surface area contributed by atoms with Gasteiger partial charge >= 0.3 is 0 Å². The van der Waals surface area contributed by atoms with Crippen LogP contribution in [0.3, 0.4) is 0 Å². The number of thiophene rings is 1. The van der Waals surface area contributed by atoms with Crippen molar-refractivity contribution in [2.75, 3.05) is 4.72 Å². The van der Waals surface area contributed by atoms with Gasteiger partial charge in [-0.1, -0.05) is 23.2 Å². The van der Waals surface area contributed by atoms with E-state index in [1.807, 2.05) is 0 Å². The minimum Gasteiger partial charge on any atom is -0.508 e. The van der Waals surface area contributed by atoms with E-state index in [-0.39, 0.29) is 23.8 Å². The standard InChI is InChI=1S/C10H6BrCl2NO3S2/c11-7-8(10(13)18-9(7)12)19(16,17)14-5-1-3-6(15)4-2-5/h1-4,14-15H. The first kappa shape index (κ1) is 14.9. The summed E-state index contributed by atoms with van der Waals surface area (Å²) in [7, 11) is -3.85. The van der Waals surface area contributed by atoms with Crippen LogP contribution in [-0.2, 0) is 10.0 Å². The Kier molecular flexibility index (Phi) is 4.32. The zero-order chi connectivity index (χ0) is 14.2. The lowest BCUT2D eigenvalue weighted by atomic mass is 10.3. The van der Waals surface area contributed by atoms with Crippen LogP contribution in [0.4, 0.5) is 5.69 Å². The summed E-state index contributed by atoms with van der Waals surface area (Å²) in [6.45, 7) is 0. The average Bonchev–Trinajstić information content (AvgIpc) is 2.56. The van der Waals surface area contributed by atoms with Gasteiger partial charge in [0.05, 0.1) is 4.47 Å². The number of nitrogens with one attached hydrogen (secondary N) is 1. The molecule has 0 aliphatic carbocycles. The number of halogens is 3. The van der Waals surface area contributed by atoms with Crippen molar-refractivity contribution in [3.05, 3.63) is 37.4 Å². The van der Waals surface area contributed by atoms with Crippen LogP contribution < -0.4 is 4.72 Å². The molecule has 0 amide bonds. The highest BCUT2D eigenvalue weighted by atomic mass is 79.9. The van der Waals surface area contributed by atoms with Crippen molar-refractivity contribution in [3.8, 4) is 5.75 Å². The Morgan fingerprint density at radius 1 is 1.16 bits per heavy atom. The molecule has 0 radical (unpaired) electrons. The maximum Gasteiger partial charge on any atom is 0.265 e. The summed E-state index contributed by atoms with van der Waals surface area (Å²) < 4.78 is 27.3. The van der Waals surface area contributed by atoms with Crippen molar-refractivity contribution in [2.24, 2.45) is 0 Å². The summed E-state index contributed by atoms with van der Waals surface area (Å²) in [5.74, 6) is 0.0424. The Hall–Kier alpha value is -0.470. The first-order valence-electron chi connectivity index (χ1n) is 4.76. The number of phenols is 1. The molecule has 0 bridgehead atoms. The zero-order valence-electron chi connectivity index (χ0n) is 9.02. The molecule has 0 atom stereocenters. The van der Waals surface area contributed by atoms with E-state index in [0.717, 1.165) is 11.3 Å². The highest BCUT2D eigenvalue weighted by Crippen LogP contribution is 2.43. The van der Waals surface area contributed by atoms with Crippen LogP contribution >= 0.6 is 50.5 Å². The molecule has 0 aliphatic rings. The molecule has 4 nitrogen and oxygen atoms in total. The molecule has 0 saturated carbocycles. The number of rotatable bonds is 3. The highest BCUT2D eigenvalue weighted by molar-refractivity contribution is 9.10. The Labute approximate surface area is 132 Å². The molecule has 1 heterocycles. The SMILES string of the molecule is O=S(=O)(Nc1ccc(O)cc1)c1c(Cl)sc(Cl)c1Br. The first-order chi connectivity index (χ1) is 8.81. The summed E-state index contributed by atoms with van der Waals surface area (Å²) in [6.07, 6.45) is 0. The van der Waals surface area contributed by atoms with Gasteiger partial charge in [0, 0.05) is 5.69 Å². The number of aromatic hydroxyl groups is 1. The molecular formula is C10H6BrCl2NO3S2. The van der Waals surface area contributed by atoms with E-state index in [1.54, 1.807) is 0 Å². The second kappa shape index (κ2) is 5.49. The molecular weight excluding hydrogens is 397 g/mol. The van der Waals surface area contributed by atoms with Gasteiger partial charge in [-0.25, -0.2) is 8.42 Å². The van der Waals surface area contributed by atoms with Gasteiger partial charge in [-0.05, 0) is 40.2 Å². The van der Waals surface area contributed by atoms with E-state index < -0.39 is 10.0 Å². The summed E-state index contributed by atoms with van der Waals surface area (Å²) >= 11 is 15.8. The molecule has 19 heavy (non-hydrogen) atoms. The highest BCUT2D eigenvalue weighted by Gasteiger charge is 2.26. The van der Waals surface area contributed by atoms with E-state index in [2.05, 4.69) is 20.7 Å². The van der Waals surface area contributed by atoms with E-state index >= 15 is 0 Å². The molecule has 0 fully saturated rings. The van der Waals surface area contributed by atoms with Gasteiger partial charge in [0.1, 0.15) is 19.3 Å². The second-order valence-corrected chi connectivity index (χ2v) is 8.08. The Bertz CT molecular complexity index is 713. The van der Waals surface area contributed by atoms with Gasteiger partial charge < -0.3 is 5.11 Å². The van der Waals surface area contributed by atoms with Crippen LogP contribution in [0.15, 0.2) is 33.6 Å². The van der Waals surface area contributed by atoms with Gasteiger partial charge in [0.2, 0.25) is 0 Å². The van der Waals surface area contributed by atoms with Crippen molar-refractivity contribution >= 4 is 66.2 Å². The number of anilines is 1. The predicted molar refractivity (Wildman–Crippen MR) is 81.0 cm³/mol. The van der Waals surface area contributed by atoms with Crippen LogP contribution in [0.2, 0.25) is 8.67 Å². The van der Waals surface area contributed by atoms with Crippen molar-refractivity contribution < 1.29 is 13.5 Å². The fraction of sp³-hybridized carbons (Fsp3) is 0. The third kappa shape index (κ3) is 3.17. The predicted octanol–water partition coefficient (Wildman–Crippen LogP) is 4.32. The molecule has 102 valence electrons. The van der Waals surface area contributed by atoms with Crippen LogP contribution in [0.5, 0.6) is 5.75 Å². The smallest absolute Gasteiger partial charge is 0.265 e. The molecule has 0 unspecified atom stereocenters. The van der Waals surface area contributed by atoms with E-state index in [4.69, 9.17) is 28.3 Å². The van der Waals surface area contributed by atoms with Crippen molar-refractivity contribution in [2.45, 2.75) is 4.90 Å². The lowest BCUT2D eigenvalue weighted by Gasteiger charge is -2.07. The molecule has 2 N–H and O–H groups in total. The van der Waals surface area contributed by atoms with Crippen LogP contribution in [0.1, 0.15) is 0 Å². The van der Waals surface area contributed by atoms with Crippen LogP contribution in [-0.4, -0.2) is 13.5 Å². The minimum absolute atomic E-state index is 0.0424. The molecule has 0 aliphatic heterocycles. The summed E-state index contributed by atoms with van der Waals surface area (Å²) in [5.41, 5.74) is 0.308. The van der Waals surface area contributed by atoms with Gasteiger partial charge in [-0.2, -0.15) is 0 Å². The summed E-state index contributed by atoms with van der Waals surface area (Å²) in [5, 5.41) is 9.14. The fourth-order valence-corrected chi connectivity index (χ4v) is 5.92. The molecule has 1 aromatic heterocycles. The van der Waals surface area contributed by atoms with E-state index in [1.165, 1.54) is 24.3 Å². The maximum absolute atomic E-state index is 12.2. The maximum atomic E-state index is 12.2. The zero-order valence-corrected chi connectivity index (χ0v) is 13.8. The third-order valence-electron chi connectivity index (χ3n) is 2.12. The number of benzene rings is 1. The fourth-order valence-electron chi connectivity index (χ4n) is 1.30. The largest absolute Gasteiger partial charge is 0.508 e. The quantitative estimate of drug-likeness (QED) is 0.751. The first-order valence-corrected chi connectivity index (χ1v) is 8.61. The minimum atomic E-state index is -3.85. The molecule has 2 aromatic rings. The third-order valence-corrected chi connectivity index (χ3v) is 6.96. The summed E-state index contributed by atoms with van der Waals surface area (Å²) in [4.78, 5) is -0.0998.